The first-order chi connectivity index (χ1) is 15.2. The molecule has 2 aromatic carbocycles. The first kappa shape index (κ1) is 21.7. The van der Waals surface area contributed by atoms with Crippen molar-refractivity contribution in [3.8, 4) is 17.0 Å². The lowest BCUT2D eigenvalue weighted by atomic mass is 10.1. The molecule has 0 atom stereocenters. The molecule has 32 heavy (non-hydrogen) atoms. The van der Waals surface area contributed by atoms with Crippen molar-refractivity contribution >= 4 is 23.5 Å². The van der Waals surface area contributed by atoms with Crippen molar-refractivity contribution < 1.29 is 17.6 Å². The maximum atomic E-state index is 13.0. The largest absolute Gasteiger partial charge is 0.455 e. The van der Waals surface area contributed by atoms with Gasteiger partial charge in [-0.15, -0.1) is 0 Å². The average Bonchev–Trinajstić information content (AvgIpc) is 3.30. The summed E-state index contributed by atoms with van der Waals surface area (Å²) in [6.45, 7) is 1.77. The van der Waals surface area contributed by atoms with E-state index in [0.717, 1.165) is 12.1 Å². The third kappa shape index (κ3) is 4.01. The highest BCUT2D eigenvalue weighted by atomic mass is 35.5. The molecule has 0 N–H and O–H groups in total. The van der Waals surface area contributed by atoms with Crippen molar-refractivity contribution in [2.45, 2.75) is 13.1 Å². The van der Waals surface area contributed by atoms with E-state index in [4.69, 9.17) is 16.0 Å². The summed E-state index contributed by atoms with van der Waals surface area (Å²) in [5.41, 5.74) is 0.548. The van der Waals surface area contributed by atoms with Crippen molar-refractivity contribution in [3.63, 3.8) is 0 Å². The number of nitrogens with zero attached hydrogens (tertiary/aromatic N) is 3. The van der Waals surface area contributed by atoms with Gasteiger partial charge in [-0.2, -0.15) is 13.2 Å². The molecule has 0 amide bonds. The molecule has 0 aliphatic rings. The van der Waals surface area contributed by atoms with Crippen LogP contribution in [-0.4, -0.2) is 15.6 Å². The van der Waals surface area contributed by atoms with E-state index in [1.807, 2.05) is 30.3 Å². The molecule has 0 unspecified atom stereocenters. The van der Waals surface area contributed by atoms with Gasteiger partial charge in [0.2, 0.25) is 0 Å². The molecule has 0 spiro atoms. The van der Waals surface area contributed by atoms with Crippen LogP contribution in [-0.2, 0) is 13.2 Å². The Morgan fingerprint density at radius 1 is 1.06 bits per heavy atom. The molecule has 0 fully saturated rings. The summed E-state index contributed by atoms with van der Waals surface area (Å²) in [6.07, 6.45) is -3.15. The Morgan fingerprint density at radius 3 is 2.47 bits per heavy atom. The SMILES string of the molecule is Cc1c(N=Cc2ccc(-c3cc(C(F)(F)F)ccc3Cl)o2)c(=O)n(-c2ccccc2)n1C. The Labute approximate surface area is 186 Å². The fourth-order valence-corrected chi connectivity index (χ4v) is 3.50. The van der Waals surface area contributed by atoms with Crippen LogP contribution in [0.5, 0.6) is 0 Å². The molecule has 4 aromatic rings. The predicted molar refractivity (Wildman–Crippen MR) is 117 cm³/mol. The number of hydrogen-bond donors (Lipinski definition) is 0. The van der Waals surface area contributed by atoms with Crippen LogP contribution in [0.2, 0.25) is 5.02 Å². The highest BCUT2D eigenvalue weighted by Crippen LogP contribution is 2.36. The van der Waals surface area contributed by atoms with E-state index < -0.39 is 11.7 Å². The van der Waals surface area contributed by atoms with Crippen LogP contribution >= 0.6 is 11.6 Å². The number of furan rings is 1. The Balaban J connectivity index is 1.67. The smallest absolute Gasteiger partial charge is 0.416 e. The molecule has 9 heteroatoms. The average molecular weight is 460 g/mol. The maximum Gasteiger partial charge on any atom is 0.416 e. The second-order valence-electron chi connectivity index (χ2n) is 7.06. The highest BCUT2D eigenvalue weighted by molar-refractivity contribution is 6.33. The number of para-hydroxylation sites is 1. The topological polar surface area (TPSA) is 52.4 Å². The van der Waals surface area contributed by atoms with Gasteiger partial charge in [-0.1, -0.05) is 29.8 Å². The number of alkyl halides is 3. The van der Waals surface area contributed by atoms with Gasteiger partial charge in [0.05, 0.1) is 28.2 Å². The zero-order chi connectivity index (χ0) is 23.0. The number of aliphatic imine (C=N–C) groups is 1. The Hall–Kier alpha value is -3.52. The fourth-order valence-electron chi connectivity index (χ4n) is 3.29. The van der Waals surface area contributed by atoms with Gasteiger partial charge in [-0.3, -0.25) is 9.48 Å². The standard InChI is InChI=1S/C23H17ClF3N3O2/c1-14-21(22(31)30(29(14)2)16-6-4-3-5-7-16)28-13-17-9-11-20(32-17)18-12-15(23(25,26)27)8-10-19(18)24/h3-13H,1-2H3. The van der Waals surface area contributed by atoms with E-state index in [-0.39, 0.29) is 33.4 Å². The number of rotatable bonds is 4. The fraction of sp³-hybridized carbons (Fsp3) is 0.130. The molecule has 2 heterocycles. The monoisotopic (exact) mass is 459 g/mol. The second-order valence-corrected chi connectivity index (χ2v) is 7.47. The van der Waals surface area contributed by atoms with Crippen molar-refractivity contribution in [1.82, 2.24) is 9.36 Å². The van der Waals surface area contributed by atoms with Gasteiger partial charge in [-0.25, -0.2) is 9.67 Å². The minimum Gasteiger partial charge on any atom is -0.455 e. The Morgan fingerprint density at radius 2 is 1.78 bits per heavy atom. The summed E-state index contributed by atoms with van der Waals surface area (Å²) >= 11 is 6.08. The lowest BCUT2D eigenvalue weighted by molar-refractivity contribution is -0.137. The zero-order valence-electron chi connectivity index (χ0n) is 17.0. The molecule has 2 aromatic heterocycles. The molecule has 0 aliphatic carbocycles. The van der Waals surface area contributed by atoms with Gasteiger partial charge in [0.1, 0.15) is 11.5 Å². The molecule has 0 bridgehead atoms. The van der Waals surface area contributed by atoms with E-state index in [9.17, 15) is 18.0 Å². The Bertz CT molecular complexity index is 1370. The molecule has 0 aliphatic heterocycles. The second kappa shape index (κ2) is 8.20. The van der Waals surface area contributed by atoms with Gasteiger partial charge in [-0.05, 0) is 49.4 Å². The molecule has 0 radical (unpaired) electrons. The number of hydrogen-bond acceptors (Lipinski definition) is 3. The van der Waals surface area contributed by atoms with Crippen LogP contribution in [0.1, 0.15) is 17.0 Å². The summed E-state index contributed by atoms with van der Waals surface area (Å²) in [5, 5.41) is 0.125. The third-order valence-corrected chi connectivity index (χ3v) is 5.36. The predicted octanol–water partition coefficient (Wildman–Crippen LogP) is 6.17. The minimum atomic E-state index is -4.50. The van der Waals surface area contributed by atoms with Crippen LogP contribution in [0.3, 0.4) is 0 Å². The van der Waals surface area contributed by atoms with Gasteiger partial charge in [0.25, 0.3) is 5.56 Å². The van der Waals surface area contributed by atoms with E-state index in [1.54, 1.807) is 24.7 Å². The minimum absolute atomic E-state index is 0.114. The van der Waals surface area contributed by atoms with Gasteiger partial charge < -0.3 is 4.42 Å². The van der Waals surface area contributed by atoms with E-state index in [1.165, 1.54) is 23.0 Å². The first-order valence-electron chi connectivity index (χ1n) is 9.52. The van der Waals surface area contributed by atoms with E-state index >= 15 is 0 Å². The Kier molecular flexibility index (Phi) is 5.56. The normalized spacial score (nSPS) is 12.1. The van der Waals surface area contributed by atoms with Crippen molar-refractivity contribution in [2.75, 3.05) is 0 Å². The molecule has 0 saturated carbocycles. The van der Waals surface area contributed by atoms with Crippen molar-refractivity contribution in [2.24, 2.45) is 12.0 Å². The van der Waals surface area contributed by atoms with Crippen LogP contribution < -0.4 is 5.56 Å². The summed E-state index contributed by atoms with van der Waals surface area (Å²) in [6, 6.07) is 15.2. The van der Waals surface area contributed by atoms with Crippen molar-refractivity contribution in [3.05, 3.63) is 93.1 Å². The molecular formula is C23H17ClF3N3O2. The third-order valence-electron chi connectivity index (χ3n) is 5.03. The lowest BCUT2D eigenvalue weighted by Crippen LogP contribution is -2.19. The van der Waals surface area contributed by atoms with Crippen molar-refractivity contribution in [1.29, 1.82) is 0 Å². The number of halogens is 4. The molecule has 164 valence electrons. The summed E-state index contributed by atoms with van der Waals surface area (Å²) in [4.78, 5) is 17.2. The summed E-state index contributed by atoms with van der Waals surface area (Å²) in [5.74, 6) is 0.427. The highest BCUT2D eigenvalue weighted by Gasteiger charge is 2.31. The van der Waals surface area contributed by atoms with Crippen LogP contribution in [0.4, 0.5) is 18.9 Å². The van der Waals surface area contributed by atoms with Gasteiger partial charge >= 0.3 is 6.18 Å². The van der Waals surface area contributed by atoms with E-state index in [0.29, 0.717) is 11.4 Å². The molecule has 0 saturated heterocycles. The molecule has 4 rings (SSSR count). The zero-order valence-corrected chi connectivity index (χ0v) is 17.8. The number of aromatic nitrogens is 2. The summed E-state index contributed by atoms with van der Waals surface area (Å²) in [7, 11) is 1.75. The van der Waals surface area contributed by atoms with Crippen LogP contribution in [0, 0.1) is 6.92 Å². The van der Waals surface area contributed by atoms with Crippen LogP contribution in [0.15, 0.2) is 74.9 Å². The number of benzene rings is 2. The van der Waals surface area contributed by atoms with Gasteiger partial charge in [0, 0.05) is 12.6 Å². The molecule has 5 nitrogen and oxygen atoms in total. The first-order valence-corrected chi connectivity index (χ1v) is 9.89. The quantitative estimate of drug-likeness (QED) is 0.343. The molecular weight excluding hydrogens is 443 g/mol. The van der Waals surface area contributed by atoms with E-state index in [2.05, 4.69) is 4.99 Å². The van der Waals surface area contributed by atoms with Crippen LogP contribution in [0.25, 0.3) is 17.0 Å². The maximum absolute atomic E-state index is 13.0. The summed E-state index contributed by atoms with van der Waals surface area (Å²) < 4.78 is 47.9. The van der Waals surface area contributed by atoms with Gasteiger partial charge in [0.15, 0.2) is 5.69 Å². The lowest BCUT2D eigenvalue weighted by Gasteiger charge is -2.09.